The molecule has 0 spiro atoms. The predicted octanol–water partition coefficient (Wildman–Crippen LogP) is 3.75. The molecule has 1 atom stereocenters. The van der Waals surface area contributed by atoms with Gasteiger partial charge < -0.3 is 10.6 Å². The fourth-order valence-electron chi connectivity index (χ4n) is 4.47. The van der Waals surface area contributed by atoms with Gasteiger partial charge in [-0.3, -0.25) is 4.79 Å². The van der Waals surface area contributed by atoms with Gasteiger partial charge in [-0.05, 0) is 68.7 Å². The zero-order valence-electron chi connectivity index (χ0n) is 19.4. The van der Waals surface area contributed by atoms with E-state index >= 15 is 0 Å². The van der Waals surface area contributed by atoms with E-state index in [0.717, 1.165) is 18.6 Å². The van der Waals surface area contributed by atoms with E-state index < -0.39 is 27.6 Å². The third-order valence-electron chi connectivity index (χ3n) is 5.98. The molecule has 1 aliphatic rings. The van der Waals surface area contributed by atoms with E-state index in [1.54, 1.807) is 0 Å². The summed E-state index contributed by atoms with van der Waals surface area (Å²) in [4.78, 5) is 23.2. The third-order valence-corrected chi connectivity index (χ3v) is 7.36. The number of rotatable bonds is 5. The molecule has 3 N–H and O–H groups in total. The predicted molar refractivity (Wildman–Crippen MR) is 128 cm³/mol. The lowest BCUT2D eigenvalue weighted by atomic mass is 9.97. The molecule has 2 aromatic heterocycles. The Hall–Kier alpha value is -3.60. The van der Waals surface area contributed by atoms with E-state index in [4.69, 9.17) is 5.73 Å². The van der Waals surface area contributed by atoms with Gasteiger partial charge in [-0.2, -0.15) is 0 Å². The summed E-state index contributed by atoms with van der Waals surface area (Å²) < 4.78 is 55.1. The summed E-state index contributed by atoms with van der Waals surface area (Å²) in [7, 11) is -4.32. The van der Waals surface area contributed by atoms with E-state index in [-0.39, 0.29) is 33.6 Å². The first-order chi connectivity index (χ1) is 16.4. The maximum Gasteiger partial charge on any atom is 0.268 e. The molecule has 1 saturated heterocycles. The summed E-state index contributed by atoms with van der Waals surface area (Å²) >= 11 is 0. The molecule has 1 amide bonds. The lowest BCUT2D eigenvalue weighted by Gasteiger charge is -2.34. The maximum atomic E-state index is 13.9. The van der Waals surface area contributed by atoms with Crippen molar-refractivity contribution in [1.82, 2.24) is 14.7 Å². The van der Waals surface area contributed by atoms with Crippen LogP contribution in [0.25, 0.3) is 11.3 Å². The highest BCUT2D eigenvalue weighted by Gasteiger charge is 2.39. The molecule has 4 rings (SSSR count). The molecule has 0 bridgehead atoms. The average molecular weight is 502 g/mol. The highest BCUT2D eigenvalue weighted by atomic mass is 32.2. The van der Waals surface area contributed by atoms with Crippen LogP contribution in [0, 0.1) is 17.6 Å². The number of halogens is 2. The van der Waals surface area contributed by atoms with Crippen LogP contribution in [0.3, 0.4) is 0 Å². The molecule has 0 saturated carbocycles. The first-order valence-corrected chi connectivity index (χ1v) is 12.4. The molecule has 35 heavy (non-hydrogen) atoms. The molecule has 11 heteroatoms. The van der Waals surface area contributed by atoms with E-state index in [1.165, 1.54) is 36.5 Å². The molecular formula is C24H25F2N5O3S. The molecule has 8 nitrogen and oxygen atoms in total. The molecular weight excluding hydrogens is 476 g/mol. The van der Waals surface area contributed by atoms with Crippen molar-refractivity contribution in [3.05, 3.63) is 65.9 Å². The Bertz CT molecular complexity index is 1410. The van der Waals surface area contributed by atoms with Crippen LogP contribution in [0.5, 0.6) is 0 Å². The van der Waals surface area contributed by atoms with Crippen molar-refractivity contribution in [2.45, 2.75) is 37.6 Å². The number of anilines is 2. The topological polar surface area (TPSA) is 118 Å². The van der Waals surface area contributed by atoms with Gasteiger partial charge in [0.25, 0.3) is 15.9 Å². The van der Waals surface area contributed by atoms with Crippen molar-refractivity contribution in [2.24, 2.45) is 5.92 Å². The van der Waals surface area contributed by atoms with Crippen LogP contribution in [-0.2, 0) is 10.0 Å². The summed E-state index contributed by atoms with van der Waals surface area (Å²) in [5.41, 5.74) is 5.95. The number of nitrogens with two attached hydrogens (primary N) is 1. The Kier molecular flexibility index (Phi) is 6.22. The van der Waals surface area contributed by atoms with Crippen molar-refractivity contribution < 1.29 is 22.0 Å². The molecule has 1 aromatic carbocycles. The van der Waals surface area contributed by atoms with Crippen LogP contribution in [0.15, 0.2) is 53.6 Å². The summed E-state index contributed by atoms with van der Waals surface area (Å²) in [5, 5.41) is 0. The van der Waals surface area contributed by atoms with Gasteiger partial charge in [0, 0.05) is 23.8 Å². The molecule has 0 aliphatic carbocycles. The standard InChI is InChI=1S/C24H25F2N5O3S/c1-14-12-24(2,3)31(13-14)22-16(7-9-19(29-22)15-6-8-17(25)18(26)11-15)23(32)30-35(33,34)20-5-4-10-28-21(20)27/h4-11,14H,12-13H2,1-3H3,(H2,27,28)(H,30,32)/t14-/m0/s1. The van der Waals surface area contributed by atoms with Gasteiger partial charge >= 0.3 is 0 Å². The van der Waals surface area contributed by atoms with Crippen LogP contribution in [0.1, 0.15) is 37.6 Å². The Morgan fingerprint density at radius 1 is 1.17 bits per heavy atom. The molecule has 1 fully saturated rings. The number of amides is 1. The van der Waals surface area contributed by atoms with Crippen LogP contribution in [0.2, 0.25) is 0 Å². The quantitative estimate of drug-likeness (QED) is 0.547. The normalized spacial score (nSPS) is 17.4. The minimum Gasteiger partial charge on any atom is -0.383 e. The average Bonchev–Trinajstić information content (AvgIpc) is 3.06. The van der Waals surface area contributed by atoms with Gasteiger partial charge in [0.2, 0.25) is 0 Å². The summed E-state index contributed by atoms with van der Waals surface area (Å²) in [6.07, 6.45) is 2.15. The second-order valence-corrected chi connectivity index (χ2v) is 10.9. The minimum atomic E-state index is -4.32. The number of hydrogen-bond donors (Lipinski definition) is 2. The van der Waals surface area contributed by atoms with E-state index in [0.29, 0.717) is 17.8 Å². The molecule has 0 unspecified atom stereocenters. The second kappa shape index (κ2) is 8.88. The van der Waals surface area contributed by atoms with Gasteiger partial charge in [-0.25, -0.2) is 31.9 Å². The van der Waals surface area contributed by atoms with Crippen molar-refractivity contribution in [1.29, 1.82) is 0 Å². The first-order valence-electron chi connectivity index (χ1n) is 10.9. The zero-order chi connectivity index (χ0) is 25.5. The lowest BCUT2D eigenvalue weighted by Crippen LogP contribution is -2.41. The number of carbonyl (C=O) groups excluding carboxylic acids is 1. The van der Waals surface area contributed by atoms with E-state index in [1.807, 2.05) is 23.5 Å². The summed E-state index contributed by atoms with van der Waals surface area (Å²) in [6, 6.07) is 8.94. The van der Waals surface area contributed by atoms with E-state index in [2.05, 4.69) is 16.9 Å². The third kappa shape index (κ3) is 4.81. The largest absolute Gasteiger partial charge is 0.383 e. The number of sulfonamides is 1. The van der Waals surface area contributed by atoms with Crippen molar-refractivity contribution in [3.63, 3.8) is 0 Å². The van der Waals surface area contributed by atoms with Crippen molar-refractivity contribution in [2.75, 3.05) is 17.2 Å². The zero-order valence-corrected chi connectivity index (χ0v) is 20.2. The summed E-state index contributed by atoms with van der Waals surface area (Å²) in [5.74, 6) is -2.62. The van der Waals surface area contributed by atoms with Gasteiger partial charge in [-0.15, -0.1) is 0 Å². The van der Waals surface area contributed by atoms with Crippen LogP contribution in [0.4, 0.5) is 20.4 Å². The number of carbonyl (C=O) groups is 1. The first kappa shape index (κ1) is 24.5. The minimum absolute atomic E-state index is 0.0181. The van der Waals surface area contributed by atoms with Gasteiger partial charge in [-0.1, -0.05) is 6.92 Å². The van der Waals surface area contributed by atoms with Gasteiger partial charge in [0.15, 0.2) is 11.6 Å². The lowest BCUT2D eigenvalue weighted by molar-refractivity contribution is 0.0981. The number of pyridine rings is 2. The fourth-order valence-corrected chi connectivity index (χ4v) is 5.52. The Labute approximate surface area is 202 Å². The van der Waals surface area contributed by atoms with Crippen LogP contribution < -0.4 is 15.4 Å². The van der Waals surface area contributed by atoms with E-state index in [9.17, 15) is 22.0 Å². The molecule has 3 aromatic rings. The number of hydrogen-bond acceptors (Lipinski definition) is 7. The maximum absolute atomic E-state index is 13.9. The Morgan fingerprint density at radius 3 is 2.54 bits per heavy atom. The molecule has 184 valence electrons. The SMILES string of the molecule is C[C@@H]1CN(c2nc(-c3ccc(F)c(F)c3)ccc2C(=O)NS(=O)(=O)c2cccnc2N)C(C)(C)C1. The highest BCUT2D eigenvalue weighted by molar-refractivity contribution is 7.90. The number of aromatic nitrogens is 2. The monoisotopic (exact) mass is 501 g/mol. The highest BCUT2D eigenvalue weighted by Crippen LogP contribution is 2.38. The Morgan fingerprint density at radius 2 is 1.91 bits per heavy atom. The Balaban J connectivity index is 1.79. The van der Waals surface area contributed by atoms with Crippen LogP contribution >= 0.6 is 0 Å². The van der Waals surface area contributed by atoms with Gasteiger partial charge in [0.1, 0.15) is 16.5 Å². The number of nitrogens with one attached hydrogen (secondary N) is 1. The number of nitrogens with zero attached hydrogens (tertiary/aromatic N) is 3. The molecule has 3 heterocycles. The van der Waals surface area contributed by atoms with Crippen molar-refractivity contribution in [3.8, 4) is 11.3 Å². The fraction of sp³-hybridized carbons (Fsp3) is 0.292. The molecule has 0 radical (unpaired) electrons. The number of benzene rings is 1. The van der Waals surface area contributed by atoms with Crippen LogP contribution in [-0.4, -0.2) is 36.4 Å². The second-order valence-electron chi connectivity index (χ2n) is 9.25. The smallest absolute Gasteiger partial charge is 0.268 e. The molecule has 1 aliphatic heterocycles. The van der Waals surface area contributed by atoms with Crippen molar-refractivity contribution >= 4 is 27.6 Å². The number of nitrogen functional groups attached to an aromatic ring is 1. The summed E-state index contributed by atoms with van der Waals surface area (Å²) in [6.45, 7) is 6.63. The van der Waals surface area contributed by atoms with Gasteiger partial charge in [0.05, 0.1) is 11.3 Å².